The molecule has 0 saturated heterocycles. The van der Waals surface area contributed by atoms with E-state index >= 15 is 0 Å². The summed E-state index contributed by atoms with van der Waals surface area (Å²) in [7, 11) is -3.86. The Morgan fingerprint density at radius 3 is 2.33 bits per heavy atom. The molecular weight excluding hydrogens is 552 g/mol. The van der Waals surface area contributed by atoms with Crippen LogP contribution in [0, 0.1) is 13.8 Å². The van der Waals surface area contributed by atoms with E-state index in [1.165, 1.54) is 22.7 Å². The van der Waals surface area contributed by atoms with Gasteiger partial charge >= 0.3 is 11.8 Å². The van der Waals surface area contributed by atoms with Gasteiger partial charge in [0, 0.05) is 17.3 Å². The molecule has 0 fully saturated rings. The standard InChI is InChI=1S/C29H27ClN4O5S/c1-20-8-13-24(16-21(20)2)32-28(35)29(36)33-31-17-25-14-15-26(39-25)19-34(18-22-9-11-23(30)12-10-22)40(37,38)27-6-4-3-5-7-27/h3-17H,18-19H2,1-2H3,(H,32,35)(H,33,36)/b31-17+. The van der Waals surface area contributed by atoms with E-state index in [4.69, 9.17) is 16.0 Å². The molecule has 0 saturated carbocycles. The molecule has 0 spiro atoms. The van der Waals surface area contributed by atoms with Crippen LogP contribution in [-0.4, -0.2) is 30.8 Å². The third-order valence-electron chi connectivity index (χ3n) is 6.00. The highest BCUT2D eigenvalue weighted by atomic mass is 35.5. The summed E-state index contributed by atoms with van der Waals surface area (Å²) in [4.78, 5) is 24.4. The molecule has 4 aromatic rings. The SMILES string of the molecule is Cc1ccc(NC(=O)C(=O)N/N=C/c2ccc(CN(Cc3ccc(Cl)cc3)S(=O)(=O)c3ccccc3)o2)cc1C. The van der Waals surface area contributed by atoms with Gasteiger partial charge in [0.1, 0.15) is 11.5 Å². The van der Waals surface area contributed by atoms with Gasteiger partial charge in [-0.15, -0.1) is 0 Å². The molecule has 0 unspecified atom stereocenters. The first-order chi connectivity index (χ1) is 19.1. The minimum Gasteiger partial charge on any atom is -0.459 e. The van der Waals surface area contributed by atoms with Gasteiger partial charge in [-0.1, -0.05) is 48.0 Å². The van der Waals surface area contributed by atoms with Crippen molar-refractivity contribution in [1.29, 1.82) is 0 Å². The molecule has 9 nitrogen and oxygen atoms in total. The van der Waals surface area contributed by atoms with Gasteiger partial charge in [0.05, 0.1) is 17.7 Å². The smallest absolute Gasteiger partial charge is 0.329 e. The van der Waals surface area contributed by atoms with Gasteiger partial charge in [-0.3, -0.25) is 9.59 Å². The number of nitrogens with one attached hydrogen (secondary N) is 2. The number of hydrogen-bond acceptors (Lipinski definition) is 6. The third kappa shape index (κ3) is 7.44. The molecule has 0 radical (unpaired) electrons. The number of amides is 2. The molecule has 0 aliphatic rings. The Labute approximate surface area is 237 Å². The lowest BCUT2D eigenvalue weighted by molar-refractivity contribution is -0.136. The maximum Gasteiger partial charge on any atom is 0.329 e. The van der Waals surface area contributed by atoms with E-state index in [0.717, 1.165) is 16.7 Å². The Bertz CT molecular complexity index is 1630. The lowest BCUT2D eigenvalue weighted by Gasteiger charge is -2.21. The molecule has 0 aliphatic carbocycles. The summed E-state index contributed by atoms with van der Waals surface area (Å²) < 4.78 is 33.9. The van der Waals surface area contributed by atoms with Crippen LogP contribution >= 0.6 is 11.6 Å². The van der Waals surface area contributed by atoms with E-state index < -0.39 is 21.8 Å². The molecule has 4 rings (SSSR count). The molecule has 0 aliphatic heterocycles. The topological polar surface area (TPSA) is 121 Å². The minimum atomic E-state index is -3.86. The monoisotopic (exact) mass is 578 g/mol. The second-order valence-corrected chi connectivity index (χ2v) is 11.3. The number of carbonyl (C=O) groups is 2. The van der Waals surface area contributed by atoms with Crippen LogP contribution in [0.4, 0.5) is 5.69 Å². The fraction of sp³-hybridized carbons (Fsp3) is 0.138. The van der Waals surface area contributed by atoms with Gasteiger partial charge in [0.25, 0.3) is 0 Å². The van der Waals surface area contributed by atoms with E-state index in [2.05, 4.69) is 15.8 Å². The molecule has 2 N–H and O–H groups in total. The zero-order chi connectivity index (χ0) is 28.7. The van der Waals surface area contributed by atoms with E-state index in [-0.39, 0.29) is 23.7 Å². The summed E-state index contributed by atoms with van der Waals surface area (Å²) in [5.74, 6) is -1.21. The van der Waals surface area contributed by atoms with E-state index in [0.29, 0.717) is 16.5 Å². The van der Waals surface area contributed by atoms with Crippen molar-refractivity contribution in [3.63, 3.8) is 0 Å². The fourth-order valence-corrected chi connectivity index (χ4v) is 5.24. The number of benzene rings is 3. The van der Waals surface area contributed by atoms with Crippen LogP contribution in [0.3, 0.4) is 0 Å². The number of halogens is 1. The third-order valence-corrected chi connectivity index (χ3v) is 8.05. The number of carbonyl (C=O) groups excluding carboxylic acids is 2. The Morgan fingerprint density at radius 2 is 1.62 bits per heavy atom. The van der Waals surface area contributed by atoms with E-state index in [1.807, 2.05) is 19.9 Å². The predicted molar refractivity (Wildman–Crippen MR) is 153 cm³/mol. The maximum atomic E-state index is 13.4. The number of sulfonamides is 1. The number of hydrogen-bond donors (Lipinski definition) is 2. The lowest BCUT2D eigenvalue weighted by Crippen LogP contribution is -2.32. The summed E-state index contributed by atoms with van der Waals surface area (Å²) in [6.07, 6.45) is 1.22. The number of rotatable bonds is 9. The number of nitrogens with zero attached hydrogens (tertiary/aromatic N) is 2. The predicted octanol–water partition coefficient (Wildman–Crippen LogP) is 5.03. The Balaban J connectivity index is 1.42. The highest BCUT2D eigenvalue weighted by Gasteiger charge is 2.26. The van der Waals surface area contributed by atoms with E-state index in [9.17, 15) is 18.0 Å². The van der Waals surface area contributed by atoms with Crippen molar-refractivity contribution in [3.05, 3.63) is 118 Å². The summed E-state index contributed by atoms with van der Waals surface area (Å²) >= 11 is 5.98. The van der Waals surface area contributed by atoms with Crippen molar-refractivity contribution < 1.29 is 22.4 Å². The molecule has 2 amide bonds. The fourth-order valence-electron chi connectivity index (χ4n) is 3.70. The zero-order valence-electron chi connectivity index (χ0n) is 21.8. The van der Waals surface area contributed by atoms with Crippen LogP contribution in [0.25, 0.3) is 0 Å². The van der Waals surface area contributed by atoms with Crippen LogP contribution in [-0.2, 0) is 32.7 Å². The maximum absolute atomic E-state index is 13.4. The highest BCUT2D eigenvalue weighted by Crippen LogP contribution is 2.22. The first kappa shape index (κ1) is 28.8. The van der Waals surface area contributed by atoms with Crippen molar-refractivity contribution in [2.75, 3.05) is 5.32 Å². The summed E-state index contributed by atoms with van der Waals surface area (Å²) in [5, 5.41) is 6.84. The Morgan fingerprint density at radius 1 is 0.900 bits per heavy atom. The van der Waals surface area contributed by atoms with Crippen LogP contribution < -0.4 is 10.7 Å². The van der Waals surface area contributed by atoms with Crippen molar-refractivity contribution in [1.82, 2.24) is 9.73 Å². The average molecular weight is 579 g/mol. The average Bonchev–Trinajstić information content (AvgIpc) is 3.39. The number of anilines is 1. The second-order valence-electron chi connectivity index (χ2n) is 8.97. The first-order valence-electron chi connectivity index (χ1n) is 12.2. The van der Waals surface area contributed by atoms with Gasteiger partial charge in [-0.05, 0) is 79.1 Å². The number of aryl methyl sites for hydroxylation is 2. The van der Waals surface area contributed by atoms with Gasteiger partial charge in [0.15, 0.2) is 0 Å². The lowest BCUT2D eigenvalue weighted by atomic mass is 10.1. The summed E-state index contributed by atoms with van der Waals surface area (Å²) in [6, 6.07) is 23.5. The molecule has 206 valence electrons. The van der Waals surface area contributed by atoms with Crippen molar-refractivity contribution in [2.45, 2.75) is 31.8 Å². The first-order valence-corrected chi connectivity index (χ1v) is 14.0. The molecular formula is C29H27ClN4O5S. The summed E-state index contributed by atoms with van der Waals surface area (Å²) in [6.45, 7) is 3.88. The van der Waals surface area contributed by atoms with Crippen LogP contribution in [0.15, 0.2) is 99.3 Å². The second kappa shape index (κ2) is 12.7. The minimum absolute atomic E-state index is 0.0571. The van der Waals surface area contributed by atoms with Crippen LogP contribution in [0.5, 0.6) is 0 Å². The van der Waals surface area contributed by atoms with Crippen molar-refractivity contribution in [2.24, 2.45) is 5.10 Å². The largest absolute Gasteiger partial charge is 0.459 e. The zero-order valence-corrected chi connectivity index (χ0v) is 23.4. The highest BCUT2D eigenvalue weighted by molar-refractivity contribution is 7.89. The molecule has 40 heavy (non-hydrogen) atoms. The molecule has 1 heterocycles. The number of hydrazone groups is 1. The normalized spacial score (nSPS) is 11.6. The van der Waals surface area contributed by atoms with Gasteiger partial charge in [0.2, 0.25) is 10.0 Å². The van der Waals surface area contributed by atoms with Gasteiger partial charge in [-0.2, -0.15) is 9.41 Å². The van der Waals surface area contributed by atoms with Crippen molar-refractivity contribution in [3.8, 4) is 0 Å². The molecule has 0 bridgehead atoms. The van der Waals surface area contributed by atoms with E-state index in [1.54, 1.807) is 66.7 Å². The molecule has 1 aromatic heterocycles. The summed E-state index contributed by atoms with van der Waals surface area (Å²) in [5.41, 5.74) is 5.44. The van der Waals surface area contributed by atoms with Crippen LogP contribution in [0.1, 0.15) is 28.2 Å². The molecule has 0 atom stereocenters. The van der Waals surface area contributed by atoms with Crippen LogP contribution in [0.2, 0.25) is 5.02 Å². The van der Waals surface area contributed by atoms with Crippen molar-refractivity contribution >= 4 is 45.3 Å². The quantitative estimate of drug-likeness (QED) is 0.164. The van der Waals surface area contributed by atoms with Gasteiger partial charge < -0.3 is 9.73 Å². The Hall–Kier alpha value is -4.25. The molecule has 3 aromatic carbocycles. The number of furan rings is 1. The molecule has 11 heteroatoms. The van der Waals surface area contributed by atoms with Gasteiger partial charge in [-0.25, -0.2) is 13.8 Å². The Kier molecular flexibility index (Phi) is 9.15.